The van der Waals surface area contributed by atoms with Gasteiger partial charge < -0.3 is 34.3 Å². The summed E-state index contributed by atoms with van der Waals surface area (Å²) in [6, 6.07) is 10.2. The maximum atomic E-state index is 12.9. The van der Waals surface area contributed by atoms with E-state index in [0.29, 0.717) is 29.4 Å². The van der Waals surface area contributed by atoms with Crippen molar-refractivity contribution in [1.82, 2.24) is 10.6 Å². The summed E-state index contributed by atoms with van der Waals surface area (Å²) in [5.74, 6) is 0.179. The quantitative estimate of drug-likeness (QED) is 0.494. The summed E-state index contributed by atoms with van der Waals surface area (Å²) in [5.41, 5.74) is 1.11. The van der Waals surface area contributed by atoms with Crippen LogP contribution in [0.1, 0.15) is 35.8 Å². The average Bonchev–Trinajstić information content (AvgIpc) is 2.87. The van der Waals surface area contributed by atoms with E-state index in [1.807, 2.05) is 6.92 Å². The standard InChI is InChI=1S/C25H28N2O8/c1-5-33-20-13-16(9-12-19(20)32-4)23(28)35-14-18-21(24(29)34-6-2)22(27-25(30)26-18)15-7-10-17(31-3)11-8-15/h7-13,22H,5-6,14H2,1-4H3,(H2,26,27,30). The molecule has 1 unspecified atom stereocenters. The summed E-state index contributed by atoms with van der Waals surface area (Å²) in [4.78, 5) is 38.0. The molecule has 10 nitrogen and oxygen atoms in total. The Morgan fingerprint density at radius 3 is 2.26 bits per heavy atom. The lowest BCUT2D eigenvalue weighted by atomic mass is 9.95. The van der Waals surface area contributed by atoms with Crippen LogP contribution < -0.4 is 24.8 Å². The lowest BCUT2D eigenvalue weighted by Crippen LogP contribution is -2.47. The first kappa shape index (κ1) is 25.4. The highest BCUT2D eigenvalue weighted by atomic mass is 16.5. The van der Waals surface area contributed by atoms with Crippen LogP contribution in [0.25, 0.3) is 0 Å². The monoisotopic (exact) mass is 484 g/mol. The smallest absolute Gasteiger partial charge is 0.338 e. The van der Waals surface area contributed by atoms with Crippen molar-refractivity contribution in [2.45, 2.75) is 19.9 Å². The minimum atomic E-state index is -0.812. The van der Waals surface area contributed by atoms with E-state index < -0.39 is 24.0 Å². The molecule has 2 N–H and O–H groups in total. The molecule has 1 heterocycles. The predicted molar refractivity (Wildman–Crippen MR) is 126 cm³/mol. The first-order chi connectivity index (χ1) is 16.9. The van der Waals surface area contributed by atoms with E-state index in [-0.39, 0.29) is 30.0 Å². The molecule has 0 spiro atoms. The van der Waals surface area contributed by atoms with Crippen LogP contribution in [-0.4, -0.2) is 52.0 Å². The van der Waals surface area contributed by atoms with Gasteiger partial charge in [0.2, 0.25) is 0 Å². The second-order valence-electron chi connectivity index (χ2n) is 7.29. The number of methoxy groups -OCH3 is 2. The van der Waals surface area contributed by atoms with Crippen molar-refractivity contribution in [3.05, 3.63) is 64.9 Å². The van der Waals surface area contributed by atoms with E-state index in [9.17, 15) is 14.4 Å². The van der Waals surface area contributed by atoms with Gasteiger partial charge in [-0.05, 0) is 49.7 Å². The van der Waals surface area contributed by atoms with Gasteiger partial charge in [-0.15, -0.1) is 0 Å². The molecular weight excluding hydrogens is 456 g/mol. The molecule has 35 heavy (non-hydrogen) atoms. The Bertz CT molecular complexity index is 1110. The number of hydrogen-bond acceptors (Lipinski definition) is 8. The molecule has 1 aliphatic rings. The Labute approximate surface area is 203 Å². The maximum Gasteiger partial charge on any atom is 0.338 e. The predicted octanol–water partition coefficient (Wildman–Crippen LogP) is 3.13. The van der Waals surface area contributed by atoms with Gasteiger partial charge in [-0.1, -0.05) is 12.1 Å². The minimum Gasteiger partial charge on any atom is -0.497 e. The molecule has 3 rings (SSSR count). The topological polar surface area (TPSA) is 121 Å². The molecule has 0 saturated heterocycles. The Balaban J connectivity index is 1.90. The van der Waals surface area contributed by atoms with Gasteiger partial charge in [-0.3, -0.25) is 0 Å². The van der Waals surface area contributed by atoms with Crippen LogP contribution in [0, 0.1) is 0 Å². The van der Waals surface area contributed by atoms with Crippen molar-refractivity contribution in [3.63, 3.8) is 0 Å². The third kappa shape index (κ3) is 6.03. The Morgan fingerprint density at radius 1 is 0.886 bits per heavy atom. The van der Waals surface area contributed by atoms with Gasteiger partial charge in [0.1, 0.15) is 12.4 Å². The number of benzene rings is 2. The van der Waals surface area contributed by atoms with Gasteiger partial charge in [0.05, 0.1) is 50.3 Å². The normalized spacial score (nSPS) is 15.0. The van der Waals surface area contributed by atoms with E-state index in [0.717, 1.165) is 0 Å². The van der Waals surface area contributed by atoms with Gasteiger partial charge in [0.25, 0.3) is 0 Å². The number of nitrogens with one attached hydrogen (secondary N) is 2. The molecule has 0 fully saturated rings. The summed E-state index contributed by atoms with van der Waals surface area (Å²) < 4.78 is 26.6. The zero-order valence-corrected chi connectivity index (χ0v) is 20.0. The van der Waals surface area contributed by atoms with Crippen LogP contribution in [0.5, 0.6) is 17.2 Å². The number of carbonyl (C=O) groups excluding carboxylic acids is 3. The molecule has 0 aliphatic carbocycles. The van der Waals surface area contributed by atoms with E-state index in [1.54, 1.807) is 37.3 Å². The Morgan fingerprint density at radius 2 is 1.63 bits per heavy atom. The Hall–Kier alpha value is -4.21. The van der Waals surface area contributed by atoms with E-state index in [1.165, 1.54) is 26.4 Å². The zero-order chi connectivity index (χ0) is 25.4. The van der Waals surface area contributed by atoms with Crippen molar-refractivity contribution < 1.29 is 38.1 Å². The first-order valence-electron chi connectivity index (χ1n) is 11.0. The van der Waals surface area contributed by atoms with Crippen LogP contribution in [0.15, 0.2) is 53.7 Å². The second-order valence-corrected chi connectivity index (χ2v) is 7.29. The minimum absolute atomic E-state index is 0.125. The van der Waals surface area contributed by atoms with Gasteiger partial charge in [-0.25, -0.2) is 14.4 Å². The number of esters is 2. The van der Waals surface area contributed by atoms with Crippen LogP contribution in [0.3, 0.4) is 0 Å². The summed E-state index contributed by atoms with van der Waals surface area (Å²) in [6.45, 7) is 3.64. The van der Waals surface area contributed by atoms with E-state index >= 15 is 0 Å². The zero-order valence-electron chi connectivity index (χ0n) is 20.0. The molecule has 0 aromatic heterocycles. The number of rotatable bonds is 10. The highest BCUT2D eigenvalue weighted by molar-refractivity contribution is 5.95. The van der Waals surface area contributed by atoms with Crippen LogP contribution in [0.4, 0.5) is 4.79 Å². The molecule has 2 aromatic carbocycles. The number of hydrogen-bond donors (Lipinski definition) is 2. The summed E-state index contributed by atoms with van der Waals surface area (Å²) in [7, 11) is 3.04. The van der Waals surface area contributed by atoms with Crippen molar-refractivity contribution >= 4 is 18.0 Å². The van der Waals surface area contributed by atoms with E-state index in [4.69, 9.17) is 23.7 Å². The number of urea groups is 1. The molecule has 0 radical (unpaired) electrons. The van der Waals surface area contributed by atoms with Gasteiger partial charge >= 0.3 is 18.0 Å². The number of ether oxygens (including phenoxy) is 5. The molecule has 1 aliphatic heterocycles. The molecule has 2 aromatic rings. The SMILES string of the molecule is CCOC(=O)C1=C(COC(=O)c2ccc(OC)c(OCC)c2)NC(=O)NC1c1ccc(OC)cc1. The average molecular weight is 485 g/mol. The highest BCUT2D eigenvalue weighted by Crippen LogP contribution is 2.30. The largest absolute Gasteiger partial charge is 0.497 e. The van der Waals surface area contributed by atoms with Crippen molar-refractivity contribution in [3.8, 4) is 17.2 Å². The summed E-state index contributed by atoms with van der Waals surface area (Å²) >= 11 is 0. The molecular formula is C25H28N2O8. The molecule has 0 bridgehead atoms. The maximum absolute atomic E-state index is 12.9. The van der Waals surface area contributed by atoms with Gasteiger partial charge in [-0.2, -0.15) is 0 Å². The number of amides is 2. The Kier molecular flexibility index (Phi) is 8.55. The van der Waals surface area contributed by atoms with Crippen LogP contribution in [0.2, 0.25) is 0 Å². The van der Waals surface area contributed by atoms with E-state index in [2.05, 4.69) is 10.6 Å². The summed E-state index contributed by atoms with van der Waals surface area (Å²) in [6.07, 6.45) is 0. The van der Waals surface area contributed by atoms with Gasteiger partial charge in [0, 0.05) is 0 Å². The fraction of sp³-hybridized carbons (Fsp3) is 0.320. The van der Waals surface area contributed by atoms with Crippen molar-refractivity contribution in [2.24, 2.45) is 0 Å². The molecule has 186 valence electrons. The lowest BCUT2D eigenvalue weighted by Gasteiger charge is -2.29. The highest BCUT2D eigenvalue weighted by Gasteiger charge is 2.34. The fourth-order valence-electron chi connectivity index (χ4n) is 3.52. The van der Waals surface area contributed by atoms with Crippen molar-refractivity contribution in [1.29, 1.82) is 0 Å². The van der Waals surface area contributed by atoms with Crippen molar-refractivity contribution in [2.75, 3.05) is 34.0 Å². The van der Waals surface area contributed by atoms with Crippen LogP contribution in [-0.2, 0) is 14.3 Å². The van der Waals surface area contributed by atoms with Gasteiger partial charge in [0.15, 0.2) is 11.5 Å². The molecule has 2 amide bonds. The third-order valence-corrected chi connectivity index (χ3v) is 5.14. The summed E-state index contributed by atoms with van der Waals surface area (Å²) in [5, 5.41) is 5.29. The fourth-order valence-corrected chi connectivity index (χ4v) is 3.52. The molecule has 0 saturated carbocycles. The lowest BCUT2D eigenvalue weighted by molar-refractivity contribution is -0.139. The second kappa shape index (κ2) is 11.8. The first-order valence-corrected chi connectivity index (χ1v) is 11.0. The molecule has 1 atom stereocenters. The van der Waals surface area contributed by atoms with Crippen LogP contribution >= 0.6 is 0 Å². The third-order valence-electron chi connectivity index (χ3n) is 5.14. The number of carbonyl (C=O) groups is 3. The molecule has 10 heteroatoms.